The molecule has 1 aromatic heterocycles. The van der Waals surface area contributed by atoms with Crippen molar-refractivity contribution in [1.82, 2.24) is 9.97 Å². The molecule has 0 saturated heterocycles. The van der Waals surface area contributed by atoms with Gasteiger partial charge in [0.1, 0.15) is 17.5 Å². The Bertz CT molecular complexity index is 621. The van der Waals surface area contributed by atoms with E-state index in [4.69, 9.17) is 5.26 Å². The number of benzene rings is 1. The molecule has 2 rings (SSSR count). The molecule has 2 aromatic rings. The molecule has 0 amide bonds. The Hall–Kier alpha value is -2.61. The molecule has 0 unspecified atom stereocenters. The Morgan fingerprint density at radius 3 is 2.67 bits per heavy atom. The highest BCUT2D eigenvalue weighted by molar-refractivity contribution is 5.60. The van der Waals surface area contributed by atoms with Crippen molar-refractivity contribution in [1.29, 1.82) is 5.26 Å². The zero-order valence-electron chi connectivity index (χ0n) is 12.3. The fraction of sp³-hybridized carbons (Fsp3) is 0.312. The van der Waals surface area contributed by atoms with Gasteiger partial charge in [-0.2, -0.15) is 5.26 Å². The van der Waals surface area contributed by atoms with Gasteiger partial charge in [0, 0.05) is 24.7 Å². The number of nitrogens with zero attached hydrogens (tertiary/aromatic N) is 3. The number of anilines is 3. The van der Waals surface area contributed by atoms with Gasteiger partial charge in [-0.05, 0) is 31.5 Å². The van der Waals surface area contributed by atoms with Crippen LogP contribution in [-0.2, 0) is 6.42 Å². The Morgan fingerprint density at radius 1 is 1.14 bits per heavy atom. The third-order valence-electron chi connectivity index (χ3n) is 2.87. The minimum Gasteiger partial charge on any atom is -0.370 e. The first-order valence-corrected chi connectivity index (χ1v) is 7.14. The topological polar surface area (TPSA) is 73.6 Å². The Kier molecular flexibility index (Phi) is 5.10. The van der Waals surface area contributed by atoms with Crippen molar-refractivity contribution < 1.29 is 0 Å². The minimum atomic E-state index is 0.620. The highest BCUT2D eigenvalue weighted by Gasteiger charge is 2.05. The van der Waals surface area contributed by atoms with Gasteiger partial charge in [0.05, 0.1) is 11.6 Å². The molecule has 0 aliphatic rings. The predicted molar refractivity (Wildman–Crippen MR) is 84.6 cm³/mol. The Balaban J connectivity index is 2.27. The summed E-state index contributed by atoms with van der Waals surface area (Å²) in [7, 11) is 0. The van der Waals surface area contributed by atoms with Crippen LogP contribution in [0.15, 0.2) is 30.3 Å². The van der Waals surface area contributed by atoms with E-state index in [1.54, 1.807) is 12.1 Å². The van der Waals surface area contributed by atoms with Crippen LogP contribution in [0.5, 0.6) is 0 Å². The number of nitrogens with one attached hydrogen (secondary N) is 2. The van der Waals surface area contributed by atoms with Crippen molar-refractivity contribution in [2.45, 2.75) is 26.7 Å². The molecule has 0 radical (unpaired) electrons. The van der Waals surface area contributed by atoms with E-state index in [9.17, 15) is 0 Å². The van der Waals surface area contributed by atoms with E-state index >= 15 is 0 Å². The van der Waals surface area contributed by atoms with E-state index in [0.717, 1.165) is 42.5 Å². The van der Waals surface area contributed by atoms with Gasteiger partial charge in [0.2, 0.25) is 0 Å². The largest absolute Gasteiger partial charge is 0.370 e. The van der Waals surface area contributed by atoms with Gasteiger partial charge >= 0.3 is 0 Å². The molecule has 2 N–H and O–H groups in total. The first-order chi connectivity index (χ1) is 10.2. The first-order valence-electron chi connectivity index (χ1n) is 7.14. The summed E-state index contributed by atoms with van der Waals surface area (Å²) >= 11 is 0. The van der Waals surface area contributed by atoms with E-state index in [1.807, 2.05) is 25.1 Å². The normalized spacial score (nSPS) is 9.95. The highest BCUT2D eigenvalue weighted by Crippen LogP contribution is 2.19. The van der Waals surface area contributed by atoms with Crippen molar-refractivity contribution in [2.75, 3.05) is 17.2 Å². The molecule has 0 bridgehead atoms. The van der Waals surface area contributed by atoms with Crippen LogP contribution >= 0.6 is 0 Å². The maximum absolute atomic E-state index is 8.94. The van der Waals surface area contributed by atoms with Crippen molar-refractivity contribution in [3.63, 3.8) is 0 Å². The number of hydrogen-bond donors (Lipinski definition) is 2. The van der Waals surface area contributed by atoms with Gasteiger partial charge in [-0.15, -0.1) is 0 Å². The molecular weight excluding hydrogens is 262 g/mol. The molecule has 108 valence electrons. The van der Waals surface area contributed by atoms with Crippen molar-refractivity contribution in [3.8, 4) is 6.07 Å². The zero-order valence-corrected chi connectivity index (χ0v) is 12.3. The SMILES string of the molecule is CCCc1nc(NCC)cc(Nc2cccc(C#N)c2)n1. The Morgan fingerprint density at radius 2 is 1.95 bits per heavy atom. The highest BCUT2D eigenvalue weighted by atomic mass is 15.1. The van der Waals surface area contributed by atoms with Gasteiger partial charge < -0.3 is 10.6 Å². The van der Waals surface area contributed by atoms with E-state index in [0.29, 0.717) is 5.56 Å². The lowest BCUT2D eigenvalue weighted by Gasteiger charge is -2.10. The first kappa shape index (κ1) is 14.8. The fourth-order valence-electron chi connectivity index (χ4n) is 1.98. The summed E-state index contributed by atoms with van der Waals surface area (Å²) < 4.78 is 0. The molecule has 5 nitrogen and oxygen atoms in total. The van der Waals surface area contributed by atoms with Gasteiger partial charge in [-0.3, -0.25) is 0 Å². The summed E-state index contributed by atoms with van der Waals surface area (Å²) in [6.07, 6.45) is 1.84. The predicted octanol–water partition coefficient (Wildman–Crippen LogP) is 3.48. The maximum Gasteiger partial charge on any atom is 0.136 e. The lowest BCUT2D eigenvalue weighted by Crippen LogP contribution is -2.06. The molecule has 5 heteroatoms. The van der Waals surface area contributed by atoms with Crippen LogP contribution in [0.4, 0.5) is 17.3 Å². The smallest absolute Gasteiger partial charge is 0.136 e. The van der Waals surface area contributed by atoms with Gasteiger partial charge in [-0.1, -0.05) is 13.0 Å². The number of aromatic nitrogens is 2. The molecule has 1 heterocycles. The average molecular weight is 281 g/mol. The van der Waals surface area contributed by atoms with Crippen LogP contribution in [0, 0.1) is 11.3 Å². The van der Waals surface area contributed by atoms with Crippen LogP contribution in [0.3, 0.4) is 0 Å². The summed E-state index contributed by atoms with van der Waals surface area (Å²) in [4.78, 5) is 8.98. The second-order valence-corrected chi connectivity index (χ2v) is 4.65. The molecule has 0 atom stereocenters. The number of nitriles is 1. The lowest BCUT2D eigenvalue weighted by molar-refractivity contribution is 0.837. The third-order valence-corrected chi connectivity index (χ3v) is 2.87. The van der Waals surface area contributed by atoms with Gasteiger partial charge in [0.15, 0.2) is 0 Å². The van der Waals surface area contributed by atoms with Crippen LogP contribution < -0.4 is 10.6 Å². The second-order valence-electron chi connectivity index (χ2n) is 4.65. The molecule has 0 fully saturated rings. The van der Waals surface area contributed by atoms with Crippen molar-refractivity contribution in [3.05, 3.63) is 41.7 Å². The fourth-order valence-corrected chi connectivity index (χ4v) is 1.98. The van der Waals surface area contributed by atoms with E-state index in [1.165, 1.54) is 0 Å². The second kappa shape index (κ2) is 7.25. The van der Waals surface area contributed by atoms with Gasteiger partial charge in [-0.25, -0.2) is 9.97 Å². The van der Waals surface area contributed by atoms with E-state index in [2.05, 4.69) is 33.6 Å². The third kappa shape index (κ3) is 4.18. The average Bonchev–Trinajstić information content (AvgIpc) is 2.48. The monoisotopic (exact) mass is 281 g/mol. The Labute approximate surface area is 125 Å². The summed E-state index contributed by atoms with van der Waals surface area (Å²) in [5.74, 6) is 2.37. The number of aryl methyl sites for hydroxylation is 1. The van der Waals surface area contributed by atoms with Crippen molar-refractivity contribution >= 4 is 17.3 Å². The molecular formula is C16H19N5. The standard InChI is InChI=1S/C16H19N5/c1-3-6-14-20-15(18-4-2)10-16(21-14)19-13-8-5-7-12(9-13)11-17/h5,7-10H,3-4,6H2,1-2H3,(H2,18,19,20,21). The summed E-state index contributed by atoms with van der Waals surface area (Å²) in [6, 6.07) is 11.3. The van der Waals surface area contributed by atoms with Crippen LogP contribution in [0.1, 0.15) is 31.7 Å². The van der Waals surface area contributed by atoms with Gasteiger partial charge in [0.25, 0.3) is 0 Å². The molecule has 0 aliphatic heterocycles. The maximum atomic E-state index is 8.94. The lowest BCUT2D eigenvalue weighted by atomic mass is 10.2. The summed E-state index contributed by atoms with van der Waals surface area (Å²) in [5.41, 5.74) is 1.47. The molecule has 0 saturated carbocycles. The number of rotatable bonds is 6. The molecule has 1 aromatic carbocycles. The van der Waals surface area contributed by atoms with E-state index in [-0.39, 0.29) is 0 Å². The minimum absolute atomic E-state index is 0.620. The van der Waals surface area contributed by atoms with Crippen LogP contribution in [-0.4, -0.2) is 16.5 Å². The van der Waals surface area contributed by atoms with Crippen LogP contribution in [0.2, 0.25) is 0 Å². The zero-order chi connectivity index (χ0) is 15.1. The molecule has 0 spiro atoms. The van der Waals surface area contributed by atoms with E-state index < -0.39 is 0 Å². The molecule has 0 aliphatic carbocycles. The summed E-state index contributed by atoms with van der Waals surface area (Å²) in [5, 5.41) is 15.4. The summed E-state index contributed by atoms with van der Waals surface area (Å²) in [6.45, 7) is 4.95. The molecule has 21 heavy (non-hydrogen) atoms. The van der Waals surface area contributed by atoms with Crippen molar-refractivity contribution in [2.24, 2.45) is 0 Å². The number of hydrogen-bond acceptors (Lipinski definition) is 5. The van der Waals surface area contributed by atoms with Crippen LogP contribution in [0.25, 0.3) is 0 Å². The quantitative estimate of drug-likeness (QED) is 0.848.